The highest BCUT2D eigenvalue weighted by molar-refractivity contribution is 6.06. The van der Waals surface area contributed by atoms with Crippen LogP contribution in [0.3, 0.4) is 0 Å². The van der Waals surface area contributed by atoms with Crippen molar-refractivity contribution in [1.82, 2.24) is 9.88 Å². The van der Waals surface area contributed by atoms with Crippen LogP contribution < -0.4 is 0 Å². The highest BCUT2D eigenvalue weighted by Crippen LogP contribution is 2.21. The van der Waals surface area contributed by atoms with Crippen LogP contribution >= 0.6 is 0 Å². The minimum absolute atomic E-state index is 0.0655. The summed E-state index contributed by atoms with van der Waals surface area (Å²) in [6, 6.07) is 7.91. The zero-order valence-electron chi connectivity index (χ0n) is 10.3. The van der Waals surface area contributed by atoms with Crippen molar-refractivity contribution in [2.75, 3.05) is 20.3 Å². The third-order valence-electron chi connectivity index (χ3n) is 3.60. The van der Waals surface area contributed by atoms with Crippen molar-refractivity contribution in [1.29, 1.82) is 0 Å². The van der Waals surface area contributed by atoms with Crippen molar-refractivity contribution < 1.29 is 9.53 Å². The van der Waals surface area contributed by atoms with E-state index < -0.39 is 0 Å². The lowest BCUT2D eigenvalue weighted by Gasteiger charge is -2.23. The molecule has 1 amide bonds. The molecule has 2 heterocycles. The molecule has 1 fully saturated rings. The van der Waals surface area contributed by atoms with Crippen molar-refractivity contribution >= 4 is 16.8 Å². The van der Waals surface area contributed by atoms with Gasteiger partial charge in [-0.05, 0) is 24.6 Å². The molecule has 0 saturated carbocycles. The Morgan fingerprint density at radius 2 is 2.33 bits per heavy atom. The Morgan fingerprint density at radius 1 is 1.44 bits per heavy atom. The van der Waals surface area contributed by atoms with E-state index in [0.717, 1.165) is 29.5 Å². The first-order chi connectivity index (χ1) is 8.77. The number of likely N-dealkylation sites (N-methyl/N-ethyl adjacent to an activating group) is 1. The number of hydrogen-bond donors (Lipinski definition) is 1. The molecule has 4 heteroatoms. The second kappa shape index (κ2) is 4.46. The number of H-pyrrole nitrogens is 1. The van der Waals surface area contributed by atoms with Crippen LogP contribution in [0.25, 0.3) is 10.9 Å². The largest absolute Gasteiger partial charge is 0.379 e. The molecule has 1 atom stereocenters. The number of hydrogen-bond acceptors (Lipinski definition) is 2. The number of nitrogens with one attached hydrogen (secondary N) is 1. The van der Waals surface area contributed by atoms with Crippen LogP contribution in [0, 0.1) is 0 Å². The summed E-state index contributed by atoms with van der Waals surface area (Å²) in [6.07, 6.45) is 2.78. The van der Waals surface area contributed by atoms with Gasteiger partial charge in [0.15, 0.2) is 0 Å². The van der Waals surface area contributed by atoms with Gasteiger partial charge in [-0.2, -0.15) is 0 Å². The first kappa shape index (κ1) is 11.3. The zero-order valence-corrected chi connectivity index (χ0v) is 10.3. The topological polar surface area (TPSA) is 45.3 Å². The van der Waals surface area contributed by atoms with Gasteiger partial charge in [0.05, 0.1) is 12.6 Å². The molecule has 1 aromatic carbocycles. The summed E-state index contributed by atoms with van der Waals surface area (Å²) in [4.78, 5) is 17.4. The highest BCUT2D eigenvalue weighted by atomic mass is 16.5. The SMILES string of the molecule is CN(C(=O)c1cccc2[nH]ccc12)C1CCOC1. The van der Waals surface area contributed by atoms with E-state index in [9.17, 15) is 4.79 Å². The quantitative estimate of drug-likeness (QED) is 0.878. The van der Waals surface area contributed by atoms with Crippen LogP contribution in [0.15, 0.2) is 30.5 Å². The van der Waals surface area contributed by atoms with Crippen molar-refractivity contribution in [2.24, 2.45) is 0 Å². The maximum atomic E-state index is 12.5. The van der Waals surface area contributed by atoms with Crippen molar-refractivity contribution in [3.05, 3.63) is 36.0 Å². The molecule has 94 valence electrons. The number of amides is 1. The molecule has 1 N–H and O–H groups in total. The minimum atomic E-state index is 0.0655. The van der Waals surface area contributed by atoms with E-state index in [1.165, 1.54) is 0 Å². The third-order valence-corrected chi connectivity index (χ3v) is 3.60. The standard InChI is InChI=1S/C14H16N2O2/c1-16(10-6-8-18-9-10)14(17)12-3-2-4-13-11(12)5-7-15-13/h2-5,7,10,15H,6,8-9H2,1H3. The van der Waals surface area contributed by atoms with E-state index in [-0.39, 0.29) is 11.9 Å². The Labute approximate surface area is 106 Å². The van der Waals surface area contributed by atoms with E-state index in [4.69, 9.17) is 4.74 Å². The molecule has 18 heavy (non-hydrogen) atoms. The van der Waals surface area contributed by atoms with Crippen LogP contribution in [0.1, 0.15) is 16.8 Å². The van der Waals surface area contributed by atoms with E-state index in [1.807, 2.05) is 37.5 Å². The number of rotatable bonds is 2. The Kier molecular flexibility index (Phi) is 2.80. The lowest BCUT2D eigenvalue weighted by atomic mass is 10.1. The van der Waals surface area contributed by atoms with Crippen LogP contribution in [0.2, 0.25) is 0 Å². The van der Waals surface area contributed by atoms with Gasteiger partial charge in [-0.25, -0.2) is 0 Å². The van der Waals surface area contributed by atoms with Gasteiger partial charge in [0.25, 0.3) is 5.91 Å². The van der Waals surface area contributed by atoms with Gasteiger partial charge in [0, 0.05) is 36.3 Å². The number of carbonyl (C=O) groups is 1. The number of carbonyl (C=O) groups excluding carboxylic acids is 1. The van der Waals surface area contributed by atoms with E-state index in [1.54, 1.807) is 4.90 Å². The van der Waals surface area contributed by atoms with Gasteiger partial charge < -0.3 is 14.6 Å². The Balaban J connectivity index is 1.93. The lowest BCUT2D eigenvalue weighted by Crippen LogP contribution is -2.37. The fourth-order valence-corrected chi connectivity index (χ4v) is 2.46. The van der Waals surface area contributed by atoms with Crippen LogP contribution in [0.5, 0.6) is 0 Å². The van der Waals surface area contributed by atoms with E-state index in [0.29, 0.717) is 6.61 Å². The molecule has 1 unspecified atom stereocenters. The summed E-state index contributed by atoms with van der Waals surface area (Å²) in [5.41, 5.74) is 1.75. The number of aromatic nitrogens is 1. The Hall–Kier alpha value is -1.81. The lowest BCUT2D eigenvalue weighted by molar-refractivity contribution is 0.0713. The summed E-state index contributed by atoms with van der Waals surface area (Å²) < 4.78 is 5.34. The van der Waals surface area contributed by atoms with E-state index >= 15 is 0 Å². The first-order valence-electron chi connectivity index (χ1n) is 6.18. The molecule has 0 aliphatic carbocycles. The first-order valence-corrected chi connectivity index (χ1v) is 6.18. The van der Waals surface area contributed by atoms with Gasteiger partial charge in [-0.15, -0.1) is 0 Å². The van der Waals surface area contributed by atoms with Crippen molar-refractivity contribution in [2.45, 2.75) is 12.5 Å². The molecular weight excluding hydrogens is 228 g/mol. The molecule has 0 bridgehead atoms. The van der Waals surface area contributed by atoms with Gasteiger partial charge in [0.2, 0.25) is 0 Å². The maximum absolute atomic E-state index is 12.5. The number of nitrogens with zero attached hydrogens (tertiary/aromatic N) is 1. The van der Waals surface area contributed by atoms with Crippen molar-refractivity contribution in [3.8, 4) is 0 Å². The molecule has 0 radical (unpaired) electrons. The molecule has 3 rings (SSSR count). The number of ether oxygens (including phenoxy) is 1. The number of benzene rings is 1. The number of aromatic amines is 1. The average molecular weight is 244 g/mol. The van der Waals surface area contributed by atoms with Crippen LogP contribution in [0.4, 0.5) is 0 Å². The summed E-state index contributed by atoms with van der Waals surface area (Å²) in [7, 11) is 1.85. The molecule has 1 aliphatic rings. The fourth-order valence-electron chi connectivity index (χ4n) is 2.46. The second-order valence-electron chi connectivity index (χ2n) is 4.68. The number of fused-ring (bicyclic) bond motifs is 1. The average Bonchev–Trinajstić information content (AvgIpc) is 3.06. The van der Waals surface area contributed by atoms with E-state index in [2.05, 4.69) is 4.98 Å². The molecule has 4 nitrogen and oxygen atoms in total. The summed E-state index contributed by atoms with van der Waals surface area (Å²) in [5, 5.41) is 0.980. The Morgan fingerprint density at radius 3 is 3.11 bits per heavy atom. The minimum Gasteiger partial charge on any atom is -0.379 e. The molecule has 0 spiro atoms. The van der Waals surface area contributed by atoms with Crippen LogP contribution in [-0.2, 0) is 4.74 Å². The normalized spacial score (nSPS) is 19.3. The predicted molar refractivity (Wildman–Crippen MR) is 69.6 cm³/mol. The molecule has 1 aromatic heterocycles. The smallest absolute Gasteiger partial charge is 0.254 e. The van der Waals surface area contributed by atoms with Crippen molar-refractivity contribution in [3.63, 3.8) is 0 Å². The summed E-state index contributed by atoms with van der Waals surface area (Å²) in [5.74, 6) is 0.0655. The molecular formula is C14H16N2O2. The summed E-state index contributed by atoms with van der Waals surface area (Å²) >= 11 is 0. The Bertz CT molecular complexity index is 570. The summed E-state index contributed by atoms with van der Waals surface area (Å²) in [6.45, 7) is 1.39. The van der Waals surface area contributed by atoms with Gasteiger partial charge in [-0.3, -0.25) is 4.79 Å². The second-order valence-corrected chi connectivity index (χ2v) is 4.68. The molecule has 1 aliphatic heterocycles. The monoisotopic (exact) mass is 244 g/mol. The predicted octanol–water partition coefficient (Wildman–Crippen LogP) is 2.03. The fraction of sp³-hybridized carbons (Fsp3) is 0.357. The van der Waals surface area contributed by atoms with Crippen LogP contribution in [-0.4, -0.2) is 42.1 Å². The highest BCUT2D eigenvalue weighted by Gasteiger charge is 2.25. The van der Waals surface area contributed by atoms with Gasteiger partial charge in [-0.1, -0.05) is 6.07 Å². The maximum Gasteiger partial charge on any atom is 0.254 e. The molecule has 2 aromatic rings. The van der Waals surface area contributed by atoms with Gasteiger partial charge >= 0.3 is 0 Å². The molecule has 1 saturated heterocycles. The third kappa shape index (κ3) is 1.78. The zero-order chi connectivity index (χ0) is 12.5. The van der Waals surface area contributed by atoms with Gasteiger partial charge in [0.1, 0.15) is 0 Å².